The van der Waals surface area contributed by atoms with E-state index in [1.54, 1.807) is 12.4 Å². The number of likely N-dealkylation sites (tertiary alicyclic amines) is 1. The lowest BCUT2D eigenvalue weighted by molar-refractivity contribution is -0.134. The average Bonchev–Trinajstić information content (AvgIpc) is 3.10. The molecule has 1 aliphatic rings. The highest BCUT2D eigenvalue weighted by Crippen LogP contribution is 2.23. The first-order chi connectivity index (χ1) is 14.3. The van der Waals surface area contributed by atoms with E-state index in [9.17, 15) is 4.79 Å². The van der Waals surface area contributed by atoms with E-state index in [0.29, 0.717) is 24.5 Å². The quantitative estimate of drug-likeness (QED) is 0.689. The van der Waals surface area contributed by atoms with Crippen LogP contribution in [0.2, 0.25) is 0 Å². The van der Waals surface area contributed by atoms with Gasteiger partial charge in [0.05, 0.1) is 6.20 Å². The van der Waals surface area contributed by atoms with E-state index < -0.39 is 0 Å². The van der Waals surface area contributed by atoms with Crippen LogP contribution in [0.3, 0.4) is 0 Å². The summed E-state index contributed by atoms with van der Waals surface area (Å²) in [4.78, 5) is 28.1. The first-order valence-electron chi connectivity index (χ1n) is 10.4. The van der Waals surface area contributed by atoms with Crippen molar-refractivity contribution in [3.8, 4) is 11.5 Å². The standard InChI is InChI=1S/C22H29N7O/c1-22(2,3)11-20(30)28-10-4-5-16(14-28)26-18-8-9-24-21(27-18)17-12-25-19-7-6-15(23)13-29(17)19/h6-9,12-13,16H,4-5,10-11,14,23H2,1-3H3,(H,24,26,27). The molecule has 0 saturated carbocycles. The highest BCUT2D eigenvalue weighted by atomic mass is 16.2. The van der Waals surface area contributed by atoms with Crippen molar-refractivity contribution in [1.82, 2.24) is 24.3 Å². The Morgan fingerprint density at radius 1 is 1.27 bits per heavy atom. The minimum absolute atomic E-state index is 0.00355. The predicted octanol–water partition coefficient (Wildman–Crippen LogP) is 3.21. The Morgan fingerprint density at radius 2 is 2.10 bits per heavy atom. The van der Waals surface area contributed by atoms with Crippen LogP contribution in [0.15, 0.2) is 36.8 Å². The molecule has 30 heavy (non-hydrogen) atoms. The number of carbonyl (C=O) groups is 1. The van der Waals surface area contributed by atoms with E-state index in [0.717, 1.165) is 36.5 Å². The number of piperidine rings is 1. The third-order valence-electron chi connectivity index (χ3n) is 5.22. The Hall–Kier alpha value is -3.16. The number of hydrogen-bond acceptors (Lipinski definition) is 6. The molecule has 158 valence electrons. The topological polar surface area (TPSA) is 101 Å². The summed E-state index contributed by atoms with van der Waals surface area (Å²) >= 11 is 0. The molecule has 3 aromatic rings. The maximum Gasteiger partial charge on any atom is 0.223 e. The molecule has 1 unspecified atom stereocenters. The van der Waals surface area contributed by atoms with Gasteiger partial charge in [-0.3, -0.25) is 9.20 Å². The zero-order valence-corrected chi connectivity index (χ0v) is 17.8. The summed E-state index contributed by atoms with van der Waals surface area (Å²) < 4.78 is 1.89. The third-order valence-corrected chi connectivity index (χ3v) is 5.22. The van der Waals surface area contributed by atoms with Crippen LogP contribution < -0.4 is 11.1 Å². The highest BCUT2D eigenvalue weighted by molar-refractivity contribution is 5.77. The molecule has 4 heterocycles. The number of nitrogens with zero attached hydrogens (tertiary/aromatic N) is 5. The van der Waals surface area contributed by atoms with Gasteiger partial charge in [0.1, 0.15) is 17.2 Å². The fourth-order valence-corrected chi connectivity index (χ4v) is 3.82. The number of anilines is 2. The van der Waals surface area contributed by atoms with Crippen LogP contribution in [0, 0.1) is 5.41 Å². The molecule has 1 saturated heterocycles. The highest BCUT2D eigenvalue weighted by Gasteiger charge is 2.26. The van der Waals surface area contributed by atoms with Crippen molar-refractivity contribution >= 4 is 23.1 Å². The van der Waals surface area contributed by atoms with Crippen molar-refractivity contribution in [3.05, 3.63) is 36.8 Å². The fourth-order valence-electron chi connectivity index (χ4n) is 3.82. The molecule has 1 atom stereocenters. The van der Waals surface area contributed by atoms with Gasteiger partial charge in [-0.15, -0.1) is 0 Å². The number of nitrogen functional groups attached to an aromatic ring is 1. The summed E-state index contributed by atoms with van der Waals surface area (Å²) in [6.45, 7) is 7.81. The molecule has 0 aromatic carbocycles. The molecule has 3 N–H and O–H groups in total. The number of carbonyl (C=O) groups excluding carboxylic acids is 1. The Kier molecular flexibility index (Phi) is 5.32. The number of aromatic nitrogens is 4. The summed E-state index contributed by atoms with van der Waals surface area (Å²) in [6.07, 6.45) is 7.86. The number of nitrogens with two attached hydrogens (primary N) is 1. The van der Waals surface area contributed by atoms with E-state index in [1.165, 1.54) is 0 Å². The van der Waals surface area contributed by atoms with Crippen molar-refractivity contribution in [2.45, 2.75) is 46.1 Å². The molecule has 0 bridgehead atoms. The van der Waals surface area contributed by atoms with Gasteiger partial charge in [0.25, 0.3) is 0 Å². The number of pyridine rings is 1. The lowest BCUT2D eigenvalue weighted by atomic mass is 9.91. The summed E-state index contributed by atoms with van der Waals surface area (Å²) in [5.41, 5.74) is 8.15. The predicted molar refractivity (Wildman–Crippen MR) is 118 cm³/mol. The van der Waals surface area contributed by atoms with E-state index in [4.69, 9.17) is 10.7 Å². The Labute approximate surface area is 176 Å². The van der Waals surface area contributed by atoms with E-state index >= 15 is 0 Å². The largest absolute Gasteiger partial charge is 0.398 e. The second kappa shape index (κ2) is 7.93. The Bertz CT molecular complexity index is 1050. The van der Waals surface area contributed by atoms with Gasteiger partial charge >= 0.3 is 0 Å². The van der Waals surface area contributed by atoms with E-state index in [1.807, 2.05) is 33.7 Å². The number of nitrogens with one attached hydrogen (secondary N) is 1. The van der Waals surface area contributed by atoms with Gasteiger partial charge in [0, 0.05) is 43.6 Å². The van der Waals surface area contributed by atoms with Crippen LogP contribution in [0.5, 0.6) is 0 Å². The minimum Gasteiger partial charge on any atom is -0.398 e. The molecule has 8 heteroatoms. The van der Waals surface area contributed by atoms with Crippen LogP contribution in [-0.2, 0) is 4.79 Å². The van der Waals surface area contributed by atoms with Crippen LogP contribution in [0.1, 0.15) is 40.0 Å². The summed E-state index contributed by atoms with van der Waals surface area (Å²) in [5.74, 6) is 1.55. The van der Waals surface area contributed by atoms with E-state index in [2.05, 4.69) is 36.1 Å². The molecule has 1 amide bonds. The molecular weight excluding hydrogens is 378 g/mol. The summed E-state index contributed by atoms with van der Waals surface area (Å²) in [7, 11) is 0. The average molecular weight is 408 g/mol. The Morgan fingerprint density at radius 3 is 2.90 bits per heavy atom. The first kappa shape index (κ1) is 20.1. The SMILES string of the molecule is CC(C)(C)CC(=O)N1CCCC(Nc2ccnc(-c3cnc4ccc(N)cn34)n2)C1. The number of amides is 1. The van der Waals surface area contributed by atoms with Gasteiger partial charge in [-0.25, -0.2) is 15.0 Å². The Balaban J connectivity index is 1.49. The van der Waals surface area contributed by atoms with Gasteiger partial charge in [-0.05, 0) is 36.5 Å². The van der Waals surface area contributed by atoms with Crippen LogP contribution >= 0.6 is 0 Å². The lowest BCUT2D eigenvalue weighted by Crippen LogP contribution is -2.46. The number of hydrogen-bond donors (Lipinski definition) is 2. The van der Waals surface area contributed by atoms with Crippen molar-refractivity contribution in [2.75, 3.05) is 24.1 Å². The van der Waals surface area contributed by atoms with Crippen molar-refractivity contribution in [2.24, 2.45) is 5.41 Å². The second-order valence-corrected chi connectivity index (χ2v) is 9.16. The van der Waals surface area contributed by atoms with Crippen LogP contribution in [0.4, 0.5) is 11.5 Å². The molecule has 0 radical (unpaired) electrons. The normalized spacial score (nSPS) is 17.3. The molecular formula is C22H29N7O. The number of imidazole rings is 1. The molecule has 0 aliphatic carbocycles. The van der Waals surface area contributed by atoms with Gasteiger partial charge in [-0.1, -0.05) is 20.8 Å². The first-order valence-corrected chi connectivity index (χ1v) is 10.4. The lowest BCUT2D eigenvalue weighted by Gasteiger charge is -2.35. The maximum atomic E-state index is 12.6. The summed E-state index contributed by atoms with van der Waals surface area (Å²) in [5, 5.41) is 3.49. The van der Waals surface area contributed by atoms with Crippen molar-refractivity contribution in [1.29, 1.82) is 0 Å². The number of rotatable bonds is 4. The van der Waals surface area contributed by atoms with E-state index in [-0.39, 0.29) is 17.4 Å². The maximum absolute atomic E-state index is 12.6. The second-order valence-electron chi connectivity index (χ2n) is 9.16. The monoisotopic (exact) mass is 407 g/mol. The zero-order valence-electron chi connectivity index (χ0n) is 17.8. The minimum atomic E-state index is -0.00355. The molecule has 1 fully saturated rings. The number of fused-ring (bicyclic) bond motifs is 1. The molecule has 0 spiro atoms. The fraction of sp³-hybridized carbons (Fsp3) is 0.455. The van der Waals surface area contributed by atoms with Gasteiger partial charge in [0.2, 0.25) is 5.91 Å². The van der Waals surface area contributed by atoms with Crippen LogP contribution in [-0.4, -0.2) is 49.3 Å². The molecule has 4 rings (SSSR count). The molecule has 1 aliphatic heterocycles. The van der Waals surface area contributed by atoms with Crippen LogP contribution in [0.25, 0.3) is 17.2 Å². The summed E-state index contributed by atoms with van der Waals surface area (Å²) in [6, 6.07) is 5.72. The molecule has 8 nitrogen and oxygen atoms in total. The third kappa shape index (κ3) is 4.53. The van der Waals surface area contributed by atoms with Crippen molar-refractivity contribution < 1.29 is 4.79 Å². The smallest absolute Gasteiger partial charge is 0.223 e. The van der Waals surface area contributed by atoms with Gasteiger partial charge in [0.15, 0.2) is 5.82 Å². The molecule has 3 aromatic heterocycles. The zero-order chi connectivity index (χ0) is 21.3. The van der Waals surface area contributed by atoms with Gasteiger partial charge in [-0.2, -0.15) is 0 Å². The van der Waals surface area contributed by atoms with Crippen molar-refractivity contribution in [3.63, 3.8) is 0 Å². The van der Waals surface area contributed by atoms with Gasteiger partial charge < -0.3 is 16.0 Å².